The molecule has 1 saturated heterocycles. The van der Waals surface area contributed by atoms with E-state index in [2.05, 4.69) is 21.2 Å². The van der Waals surface area contributed by atoms with Gasteiger partial charge in [0.1, 0.15) is 0 Å². The average molecular weight is 327 g/mol. The van der Waals surface area contributed by atoms with Gasteiger partial charge >= 0.3 is 0 Å². The number of rotatable bonds is 3. The normalized spacial score (nSPS) is 19.2. The number of nitrogens with two attached hydrogens (primary N) is 1. The monoisotopic (exact) mass is 326 g/mol. The van der Waals surface area contributed by atoms with Crippen molar-refractivity contribution in [2.75, 3.05) is 17.7 Å². The van der Waals surface area contributed by atoms with Gasteiger partial charge in [-0.1, -0.05) is 0 Å². The van der Waals surface area contributed by atoms with Crippen LogP contribution in [0.25, 0.3) is 0 Å². The van der Waals surface area contributed by atoms with Gasteiger partial charge in [0.2, 0.25) is 5.91 Å². The second-order valence-corrected chi connectivity index (χ2v) is 5.78. The second kappa shape index (κ2) is 6.39. The molecule has 1 heterocycles. The molecule has 19 heavy (non-hydrogen) atoms. The molecule has 2 rings (SSSR count). The number of halogens is 1. The van der Waals surface area contributed by atoms with Gasteiger partial charge in [-0.3, -0.25) is 4.79 Å². The predicted octanol–water partition coefficient (Wildman–Crippen LogP) is 3.24. The molecule has 3 N–H and O–H groups in total. The molecule has 1 aliphatic heterocycles. The molecule has 1 atom stereocenters. The Kier molecular flexibility index (Phi) is 4.82. The Morgan fingerprint density at radius 1 is 1.53 bits per heavy atom. The van der Waals surface area contributed by atoms with Crippen LogP contribution in [0.5, 0.6) is 0 Å². The maximum Gasteiger partial charge on any atom is 0.227 e. The number of aryl methyl sites for hydroxylation is 1. The molecule has 1 unspecified atom stereocenters. The Labute approximate surface area is 121 Å². The highest BCUT2D eigenvalue weighted by Gasteiger charge is 2.18. The van der Waals surface area contributed by atoms with E-state index in [0.29, 0.717) is 17.8 Å². The molecule has 104 valence electrons. The first-order valence-electron chi connectivity index (χ1n) is 6.53. The van der Waals surface area contributed by atoms with Crippen molar-refractivity contribution < 1.29 is 9.53 Å². The number of nitrogens with one attached hydrogen (secondary N) is 1. The first-order chi connectivity index (χ1) is 9.06. The van der Waals surface area contributed by atoms with Crippen molar-refractivity contribution in [1.82, 2.24) is 0 Å². The minimum Gasteiger partial charge on any atom is -0.398 e. The molecule has 0 aliphatic carbocycles. The van der Waals surface area contributed by atoms with Crippen LogP contribution >= 0.6 is 15.9 Å². The molecule has 5 heteroatoms. The number of carbonyl (C=O) groups is 1. The number of ether oxygens (including phenoxy) is 1. The largest absolute Gasteiger partial charge is 0.398 e. The van der Waals surface area contributed by atoms with Crippen LogP contribution < -0.4 is 11.1 Å². The van der Waals surface area contributed by atoms with Gasteiger partial charge in [-0.2, -0.15) is 0 Å². The lowest BCUT2D eigenvalue weighted by Gasteiger charge is -2.22. The Morgan fingerprint density at radius 3 is 3.00 bits per heavy atom. The van der Waals surface area contributed by atoms with Crippen molar-refractivity contribution in [2.24, 2.45) is 0 Å². The van der Waals surface area contributed by atoms with E-state index in [9.17, 15) is 4.79 Å². The summed E-state index contributed by atoms with van der Waals surface area (Å²) in [4.78, 5) is 12.0. The molecule has 0 spiro atoms. The van der Waals surface area contributed by atoms with Crippen LogP contribution in [-0.2, 0) is 9.53 Å². The van der Waals surface area contributed by atoms with E-state index in [0.717, 1.165) is 35.9 Å². The lowest BCUT2D eigenvalue weighted by molar-refractivity contribution is -0.119. The SMILES string of the molecule is Cc1cc(Br)c(NC(=O)CC2CCCCO2)cc1N. The van der Waals surface area contributed by atoms with Crippen LogP contribution in [0.4, 0.5) is 11.4 Å². The summed E-state index contributed by atoms with van der Waals surface area (Å²) in [6.45, 7) is 2.70. The van der Waals surface area contributed by atoms with Gasteiger partial charge in [-0.25, -0.2) is 0 Å². The van der Waals surface area contributed by atoms with Gasteiger partial charge in [-0.05, 0) is 59.8 Å². The van der Waals surface area contributed by atoms with E-state index < -0.39 is 0 Å². The van der Waals surface area contributed by atoms with E-state index in [1.54, 1.807) is 6.07 Å². The summed E-state index contributed by atoms with van der Waals surface area (Å²) in [5.41, 5.74) is 8.22. The van der Waals surface area contributed by atoms with Gasteiger partial charge in [0, 0.05) is 16.8 Å². The van der Waals surface area contributed by atoms with Crippen molar-refractivity contribution in [3.63, 3.8) is 0 Å². The number of hydrogen-bond donors (Lipinski definition) is 2. The molecular weight excluding hydrogens is 308 g/mol. The number of benzene rings is 1. The summed E-state index contributed by atoms with van der Waals surface area (Å²) < 4.78 is 6.41. The fraction of sp³-hybridized carbons (Fsp3) is 0.500. The van der Waals surface area contributed by atoms with E-state index in [4.69, 9.17) is 10.5 Å². The van der Waals surface area contributed by atoms with Crippen LogP contribution in [0.3, 0.4) is 0 Å². The van der Waals surface area contributed by atoms with Gasteiger partial charge in [0.05, 0.1) is 18.2 Å². The molecule has 1 fully saturated rings. The maximum absolute atomic E-state index is 12.0. The molecular formula is C14H19BrN2O2. The lowest BCUT2D eigenvalue weighted by Crippen LogP contribution is -2.25. The molecule has 0 radical (unpaired) electrons. The zero-order chi connectivity index (χ0) is 13.8. The molecule has 0 aromatic heterocycles. The van der Waals surface area contributed by atoms with Crippen LogP contribution in [0, 0.1) is 6.92 Å². The highest BCUT2D eigenvalue weighted by atomic mass is 79.9. The highest BCUT2D eigenvalue weighted by molar-refractivity contribution is 9.10. The Hall–Kier alpha value is -1.07. The second-order valence-electron chi connectivity index (χ2n) is 4.93. The van der Waals surface area contributed by atoms with Crippen molar-refractivity contribution in [1.29, 1.82) is 0 Å². The molecule has 4 nitrogen and oxygen atoms in total. The van der Waals surface area contributed by atoms with Crippen LogP contribution in [0.1, 0.15) is 31.2 Å². The Balaban J connectivity index is 1.96. The third kappa shape index (κ3) is 3.94. The van der Waals surface area contributed by atoms with Gasteiger partial charge < -0.3 is 15.8 Å². The van der Waals surface area contributed by atoms with Crippen molar-refractivity contribution in [3.8, 4) is 0 Å². The summed E-state index contributed by atoms with van der Waals surface area (Å²) in [7, 11) is 0. The topological polar surface area (TPSA) is 64.3 Å². The quantitative estimate of drug-likeness (QED) is 0.838. The smallest absolute Gasteiger partial charge is 0.227 e. The minimum absolute atomic E-state index is 0.0316. The first-order valence-corrected chi connectivity index (χ1v) is 7.32. The van der Waals surface area contributed by atoms with E-state index in [-0.39, 0.29) is 12.0 Å². The zero-order valence-electron chi connectivity index (χ0n) is 11.0. The van der Waals surface area contributed by atoms with Crippen LogP contribution in [0.2, 0.25) is 0 Å². The zero-order valence-corrected chi connectivity index (χ0v) is 12.6. The van der Waals surface area contributed by atoms with Crippen molar-refractivity contribution in [3.05, 3.63) is 22.2 Å². The average Bonchev–Trinajstić information content (AvgIpc) is 2.37. The molecule has 1 aromatic rings. The summed E-state index contributed by atoms with van der Waals surface area (Å²) in [5.74, 6) is -0.0316. The Bertz CT molecular complexity index is 471. The summed E-state index contributed by atoms with van der Waals surface area (Å²) in [6, 6.07) is 3.68. The van der Waals surface area contributed by atoms with Crippen molar-refractivity contribution >= 4 is 33.2 Å². The van der Waals surface area contributed by atoms with E-state index in [1.807, 2.05) is 13.0 Å². The Morgan fingerprint density at radius 2 is 2.32 bits per heavy atom. The number of anilines is 2. The van der Waals surface area contributed by atoms with Gasteiger partial charge in [0.25, 0.3) is 0 Å². The molecule has 1 aromatic carbocycles. The minimum atomic E-state index is -0.0316. The summed E-state index contributed by atoms with van der Waals surface area (Å²) in [5, 5.41) is 2.88. The molecule has 1 amide bonds. The summed E-state index contributed by atoms with van der Waals surface area (Å²) >= 11 is 3.43. The highest BCUT2D eigenvalue weighted by Crippen LogP contribution is 2.28. The van der Waals surface area contributed by atoms with Gasteiger partial charge in [-0.15, -0.1) is 0 Å². The van der Waals surface area contributed by atoms with E-state index in [1.165, 1.54) is 0 Å². The van der Waals surface area contributed by atoms with E-state index >= 15 is 0 Å². The standard InChI is InChI=1S/C14H19BrN2O2/c1-9-6-11(15)13(8-12(9)16)17-14(18)7-10-4-2-3-5-19-10/h6,8,10H,2-5,7,16H2,1H3,(H,17,18). The predicted molar refractivity (Wildman–Crippen MR) is 80.1 cm³/mol. The lowest BCUT2D eigenvalue weighted by atomic mass is 10.1. The third-order valence-electron chi connectivity index (χ3n) is 3.32. The number of hydrogen-bond acceptors (Lipinski definition) is 3. The van der Waals surface area contributed by atoms with Crippen LogP contribution in [0.15, 0.2) is 16.6 Å². The number of carbonyl (C=O) groups excluding carboxylic acids is 1. The first kappa shape index (κ1) is 14.3. The van der Waals surface area contributed by atoms with Gasteiger partial charge in [0.15, 0.2) is 0 Å². The fourth-order valence-electron chi connectivity index (χ4n) is 2.16. The molecule has 0 bridgehead atoms. The molecule has 0 saturated carbocycles. The van der Waals surface area contributed by atoms with Crippen molar-refractivity contribution in [2.45, 2.75) is 38.7 Å². The molecule has 1 aliphatic rings. The summed E-state index contributed by atoms with van der Waals surface area (Å²) in [6.07, 6.45) is 3.65. The number of amides is 1. The number of nitrogen functional groups attached to an aromatic ring is 1. The maximum atomic E-state index is 12.0. The third-order valence-corrected chi connectivity index (χ3v) is 3.97. The van der Waals surface area contributed by atoms with Crippen LogP contribution in [-0.4, -0.2) is 18.6 Å². The fourth-order valence-corrected chi connectivity index (χ4v) is 2.72.